The molecule has 31 heavy (non-hydrogen) atoms. The zero-order valence-electron chi connectivity index (χ0n) is 17.9. The molecule has 1 aromatic heterocycles. The van der Waals surface area contributed by atoms with Crippen LogP contribution in [0.5, 0.6) is 5.75 Å². The van der Waals surface area contributed by atoms with E-state index in [9.17, 15) is 9.59 Å². The molecule has 0 saturated heterocycles. The summed E-state index contributed by atoms with van der Waals surface area (Å²) in [5.41, 5.74) is 2.14. The van der Waals surface area contributed by atoms with Gasteiger partial charge in [-0.15, -0.1) is 0 Å². The van der Waals surface area contributed by atoms with Gasteiger partial charge in [0.25, 0.3) is 5.91 Å². The van der Waals surface area contributed by atoms with Crippen molar-refractivity contribution in [3.8, 4) is 17.2 Å². The fourth-order valence-corrected chi connectivity index (χ4v) is 2.75. The summed E-state index contributed by atoms with van der Waals surface area (Å²) in [6.45, 7) is 5.74. The molecule has 0 fully saturated rings. The molecule has 0 aliphatic heterocycles. The maximum absolute atomic E-state index is 12.6. The third-order valence-electron chi connectivity index (χ3n) is 4.19. The highest BCUT2D eigenvalue weighted by Crippen LogP contribution is 2.31. The first kappa shape index (κ1) is 21.9. The summed E-state index contributed by atoms with van der Waals surface area (Å²) in [5.74, 6) is 0.689. The molecule has 0 bridgehead atoms. The quantitative estimate of drug-likeness (QED) is 0.599. The third-order valence-corrected chi connectivity index (χ3v) is 4.19. The van der Waals surface area contributed by atoms with Crippen molar-refractivity contribution in [3.63, 3.8) is 0 Å². The number of oxazole rings is 1. The molecule has 2 aromatic carbocycles. The van der Waals surface area contributed by atoms with Gasteiger partial charge in [-0.3, -0.25) is 4.79 Å². The number of amides is 2. The van der Waals surface area contributed by atoms with Crippen LogP contribution < -0.4 is 15.4 Å². The molecule has 1 heterocycles. The van der Waals surface area contributed by atoms with Gasteiger partial charge in [-0.05, 0) is 50.6 Å². The molecule has 0 aliphatic carbocycles. The van der Waals surface area contributed by atoms with Gasteiger partial charge in [0.2, 0.25) is 5.89 Å². The van der Waals surface area contributed by atoms with Gasteiger partial charge in [0.1, 0.15) is 18.6 Å². The Morgan fingerprint density at radius 3 is 2.45 bits per heavy atom. The molecule has 2 N–H and O–H groups in total. The number of benzene rings is 2. The van der Waals surface area contributed by atoms with E-state index < -0.39 is 6.09 Å². The van der Waals surface area contributed by atoms with Crippen LogP contribution in [0.1, 0.15) is 36.7 Å². The summed E-state index contributed by atoms with van der Waals surface area (Å²) in [7, 11) is 1.54. The van der Waals surface area contributed by atoms with E-state index in [2.05, 4.69) is 15.6 Å². The number of carbonyl (C=O) groups is 2. The predicted molar refractivity (Wildman–Crippen MR) is 116 cm³/mol. The van der Waals surface area contributed by atoms with E-state index in [-0.39, 0.29) is 18.1 Å². The van der Waals surface area contributed by atoms with E-state index >= 15 is 0 Å². The Morgan fingerprint density at radius 2 is 1.84 bits per heavy atom. The van der Waals surface area contributed by atoms with E-state index in [1.54, 1.807) is 48.7 Å². The van der Waals surface area contributed by atoms with E-state index in [0.717, 1.165) is 5.56 Å². The van der Waals surface area contributed by atoms with Crippen molar-refractivity contribution >= 4 is 17.7 Å². The second-order valence-corrected chi connectivity index (χ2v) is 7.85. The lowest BCUT2D eigenvalue weighted by atomic mass is 10.1. The minimum atomic E-state index is -0.489. The molecule has 0 radical (unpaired) electrons. The van der Waals surface area contributed by atoms with Gasteiger partial charge in [0, 0.05) is 22.9 Å². The number of alkyl carbamates (subject to hydrolysis) is 1. The second kappa shape index (κ2) is 9.34. The van der Waals surface area contributed by atoms with Gasteiger partial charge in [0.15, 0.2) is 0 Å². The van der Waals surface area contributed by atoms with Crippen LogP contribution in [0.4, 0.5) is 10.5 Å². The molecule has 8 heteroatoms. The Hall–Kier alpha value is -3.81. The molecule has 8 nitrogen and oxygen atoms in total. The lowest BCUT2D eigenvalue weighted by Gasteiger charge is -2.19. The van der Waals surface area contributed by atoms with Crippen molar-refractivity contribution in [2.75, 3.05) is 12.4 Å². The molecule has 0 atom stereocenters. The monoisotopic (exact) mass is 423 g/mol. The summed E-state index contributed by atoms with van der Waals surface area (Å²) in [6.07, 6.45) is 2.54. The predicted octanol–water partition coefficient (Wildman–Crippen LogP) is 4.63. The maximum atomic E-state index is 12.6. The average Bonchev–Trinajstić information content (AvgIpc) is 3.26. The normalized spacial score (nSPS) is 11.0. The van der Waals surface area contributed by atoms with Gasteiger partial charge in [-0.1, -0.05) is 12.1 Å². The molecule has 0 aliphatic rings. The molecule has 3 aromatic rings. The Kier molecular flexibility index (Phi) is 6.59. The summed E-state index contributed by atoms with van der Waals surface area (Å²) in [4.78, 5) is 28.4. The van der Waals surface area contributed by atoms with Gasteiger partial charge < -0.3 is 24.5 Å². The van der Waals surface area contributed by atoms with Crippen LogP contribution in [0.15, 0.2) is 59.3 Å². The summed E-state index contributed by atoms with van der Waals surface area (Å²) in [6, 6.07) is 12.0. The average molecular weight is 423 g/mol. The molecule has 0 saturated carbocycles. The lowest BCUT2D eigenvalue weighted by Crippen LogP contribution is -2.40. The fraction of sp³-hybridized carbons (Fsp3) is 0.261. The molecular formula is C23H25N3O5. The summed E-state index contributed by atoms with van der Waals surface area (Å²) >= 11 is 0. The smallest absolute Gasteiger partial charge is 0.407 e. The van der Waals surface area contributed by atoms with Crippen molar-refractivity contribution in [2.24, 2.45) is 0 Å². The number of hydrogen-bond acceptors (Lipinski definition) is 6. The second-order valence-electron chi connectivity index (χ2n) is 7.85. The first-order valence-electron chi connectivity index (χ1n) is 9.68. The number of anilines is 1. The number of rotatable bonds is 6. The van der Waals surface area contributed by atoms with Crippen LogP contribution in [-0.4, -0.2) is 29.6 Å². The molecule has 0 spiro atoms. The molecule has 3 rings (SSSR count). The summed E-state index contributed by atoms with van der Waals surface area (Å²) < 4.78 is 15.9. The topological polar surface area (TPSA) is 103 Å². The highest BCUT2D eigenvalue weighted by Gasteiger charge is 2.15. The van der Waals surface area contributed by atoms with Crippen LogP contribution in [0.3, 0.4) is 0 Å². The number of aromatic nitrogens is 1. The summed E-state index contributed by atoms with van der Waals surface area (Å²) in [5, 5.41) is 5.56. The zero-order chi connectivity index (χ0) is 22.4. The Balaban J connectivity index is 1.61. The number of ether oxygens (including phenoxy) is 2. The van der Waals surface area contributed by atoms with Gasteiger partial charge in [-0.2, -0.15) is 0 Å². The number of nitrogens with zero attached hydrogens (tertiary/aromatic N) is 1. The minimum absolute atomic E-state index is 0.114. The molecule has 2 amide bonds. The van der Waals surface area contributed by atoms with Crippen LogP contribution in [0.25, 0.3) is 11.5 Å². The number of hydrogen-bond donors (Lipinski definition) is 2. The minimum Gasteiger partial charge on any atom is -0.496 e. The van der Waals surface area contributed by atoms with Crippen molar-refractivity contribution in [2.45, 2.75) is 32.9 Å². The highest BCUT2D eigenvalue weighted by molar-refractivity contribution is 6.04. The molecule has 162 valence electrons. The van der Waals surface area contributed by atoms with Crippen LogP contribution in [0.2, 0.25) is 0 Å². The van der Waals surface area contributed by atoms with E-state index in [1.807, 2.05) is 20.8 Å². The van der Waals surface area contributed by atoms with E-state index in [1.165, 1.54) is 13.4 Å². The van der Waals surface area contributed by atoms with Crippen molar-refractivity contribution in [1.82, 2.24) is 10.3 Å². The van der Waals surface area contributed by atoms with Gasteiger partial charge >= 0.3 is 6.09 Å². The molecular weight excluding hydrogens is 398 g/mol. The number of nitrogens with one attached hydrogen (secondary N) is 2. The SMILES string of the molecule is COc1cc(NC(=O)c2ccc(COC(=O)NC(C)(C)C)cc2)ccc1-c1ncco1. The van der Waals surface area contributed by atoms with Gasteiger partial charge in [-0.25, -0.2) is 9.78 Å². The standard InChI is InChI=1S/C23H25N3O5/c1-23(2,3)26-22(28)31-14-15-5-7-16(8-6-15)20(27)25-17-9-10-18(19(13-17)29-4)21-24-11-12-30-21/h5-13H,14H2,1-4H3,(H,25,27)(H,26,28). The maximum Gasteiger partial charge on any atom is 0.407 e. The highest BCUT2D eigenvalue weighted by atomic mass is 16.5. The lowest BCUT2D eigenvalue weighted by molar-refractivity contribution is 0.102. The Morgan fingerprint density at radius 1 is 1.10 bits per heavy atom. The molecule has 0 unspecified atom stereocenters. The third kappa shape index (κ3) is 6.08. The first-order valence-corrected chi connectivity index (χ1v) is 9.68. The van der Waals surface area contributed by atoms with E-state index in [0.29, 0.717) is 28.5 Å². The zero-order valence-corrected chi connectivity index (χ0v) is 17.9. The van der Waals surface area contributed by atoms with Crippen molar-refractivity contribution < 1.29 is 23.5 Å². The van der Waals surface area contributed by atoms with Gasteiger partial charge in [0.05, 0.1) is 18.9 Å². The first-order chi connectivity index (χ1) is 14.7. The Bertz CT molecular complexity index is 1040. The van der Waals surface area contributed by atoms with Crippen molar-refractivity contribution in [1.29, 1.82) is 0 Å². The van der Waals surface area contributed by atoms with Crippen LogP contribution in [-0.2, 0) is 11.3 Å². The van der Waals surface area contributed by atoms with E-state index in [4.69, 9.17) is 13.9 Å². The van der Waals surface area contributed by atoms with Crippen LogP contribution in [0, 0.1) is 0 Å². The van der Waals surface area contributed by atoms with Crippen LogP contribution >= 0.6 is 0 Å². The number of carbonyl (C=O) groups excluding carboxylic acids is 2. The fourth-order valence-electron chi connectivity index (χ4n) is 2.75. The van der Waals surface area contributed by atoms with Crippen molar-refractivity contribution in [3.05, 3.63) is 66.1 Å². The number of methoxy groups -OCH3 is 1. The largest absolute Gasteiger partial charge is 0.496 e. The Labute approximate surface area is 180 Å².